The van der Waals surface area contributed by atoms with E-state index >= 15 is 0 Å². The second-order valence-electron chi connectivity index (χ2n) is 5.16. The van der Waals surface area contributed by atoms with Crippen molar-refractivity contribution in [2.75, 3.05) is 13.2 Å². The third-order valence-electron chi connectivity index (χ3n) is 2.83. The molecule has 0 saturated heterocycles. The zero-order valence-electron chi connectivity index (χ0n) is 13.0. The van der Waals surface area contributed by atoms with Crippen LogP contribution in [0, 0.1) is 0 Å². The SMILES string of the molecule is C=C(C)C(=O)OCC(C)OCCC(F)(F)C(F)(F)C(F)(F)C(F)(F)F. The van der Waals surface area contributed by atoms with Crippen LogP contribution in [0.2, 0.25) is 0 Å². The number of rotatable bonds is 9. The number of carbonyl (C=O) groups excluding carboxylic acids is 1. The van der Waals surface area contributed by atoms with Gasteiger partial charge in [-0.1, -0.05) is 6.58 Å². The summed E-state index contributed by atoms with van der Waals surface area (Å²) >= 11 is 0. The Morgan fingerprint density at radius 3 is 1.88 bits per heavy atom. The number of esters is 1. The second kappa shape index (κ2) is 7.83. The molecule has 1 unspecified atom stereocenters. The van der Waals surface area contributed by atoms with Gasteiger partial charge < -0.3 is 9.47 Å². The summed E-state index contributed by atoms with van der Waals surface area (Å²) in [5.74, 6) is -20.1. The predicted octanol–water partition coefficient (Wildman–Crippen LogP) is 4.37. The minimum absolute atomic E-state index is 0.00718. The summed E-state index contributed by atoms with van der Waals surface area (Å²) in [5, 5.41) is 0. The summed E-state index contributed by atoms with van der Waals surface area (Å²) in [4.78, 5) is 11.0. The van der Waals surface area contributed by atoms with Gasteiger partial charge in [0.15, 0.2) is 0 Å². The third kappa shape index (κ3) is 5.51. The minimum atomic E-state index is -6.92. The molecule has 0 aromatic rings. The molecule has 0 aliphatic heterocycles. The molecule has 0 aromatic heterocycles. The van der Waals surface area contributed by atoms with Crippen LogP contribution in [0.5, 0.6) is 0 Å². The number of hydrogen-bond acceptors (Lipinski definition) is 3. The predicted molar refractivity (Wildman–Crippen MR) is 66.7 cm³/mol. The zero-order valence-corrected chi connectivity index (χ0v) is 13.0. The highest BCUT2D eigenvalue weighted by Gasteiger charge is 2.81. The van der Waals surface area contributed by atoms with Crippen molar-refractivity contribution < 1.29 is 53.8 Å². The average molecular weight is 390 g/mol. The molecule has 0 aromatic carbocycles. The molecule has 3 nitrogen and oxygen atoms in total. The summed E-state index contributed by atoms with van der Waals surface area (Å²) in [6, 6.07) is 0. The van der Waals surface area contributed by atoms with Gasteiger partial charge in [-0.3, -0.25) is 0 Å². The smallest absolute Gasteiger partial charge is 0.460 e. The van der Waals surface area contributed by atoms with Crippen LogP contribution in [-0.4, -0.2) is 49.2 Å². The summed E-state index contributed by atoms with van der Waals surface area (Å²) in [7, 11) is 0. The van der Waals surface area contributed by atoms with Crippen molar-refractivity contribution in [3.8, 4) is 0 Å². The third-order valence-corrected chi connectivity index (χ3v) is 2.83. The molecular formula is C13H15F9O3. The largest absolute Gasteiger partial charge is 0.460 e. The molecule has 148 valence electrons. The first-order valence-corrected chi connectivity index (χ1v) is 6.61. The van der Waals surface area contributed by atoms with Gasteiger partial charge in [0.1, 0.15) is 6.61 Å². The van der Waals surface area contributed by atoms with Gasteiger partial charge in [0.05, 0.1) is 12.7 Å². The molecule has 25 heavy (non-hydrogen) atoms. The average Bonchev–Trinajstić information content (AvgIpc) is 2.42. The molecule has 0 bridgehead atoms. The second-order valence-corrected chi connectivity index (χ2v) is 5.16. The van der Waals surface area contributed by atoms with Crippen LogP contribution in [-0.2, 0) is 14.3 Å². The summed E-state index contributed by atoms with van der Waals surface area (Å²) < 4.78 is 122. The van der Waals surface area contributed by atoms with E-state index in [4.69, 9.17) is 0 Å². The van der Waals surface area contributed by atoms with E-state index in [-0.39, 0.29) is 5.57 Å². The lowest BCUT2D eigenvalue weighted by Crippen LogP contribution is -2.61. The fourth-order valence-electron chi connectivity index (χ4n) is 1.32. The Morgan fingerprint density at radius 1 is 1.00 bits per heavy atom. The normalized spacial score (nSPS) is 15.0. The fraction of sp³-hybridized carbons (Fsp3) is 0.769. The standard InChI is InChI=1S/C13H15F9O3/c1-7(2)9(23)25-6-8(3)24-5-4-10(14,15)11(16,17)12(18,19)13(20,21)22/h8H,1,4-6H2,2-3H3. The molecule has 0 aliphatic carbocycles. The first-order chi connectivity index (χ1) is 11.0. The monoisotopic (exact) mass is 390 g/mol. The van der Waals surface area contributed by atoms with E-state index in [1.807, 2.05) is 0 Å². The van der Waals surface area contributed by atoms with E-state index in [1.165, 1.54) is 13.8 Å². The number of hydrogen-bond donors (Lipinski definition) is 0. The number of halogens is 9. The van der Waals surface area contributed by atoms with Crippen molar-refractivity contribution in [1.82, 2.24) is 0 Å². The van der Waals surface area contributed by atoms with Gasteiger partial charge in [-0.25, -0.2) is 4.79 Å². The van der Waals surface area contributed by atoms with Crippen molar-refractivity contribution in [2.45, 2.75) is 50.3 Å². The highest BCUT2D eigenvalue weighted by atomic mass is 19.4. The quantitative estimate of drug-likeness (QED) is 0.333. The number of alkyl halides is 9. The van der Waals surface area contributed by atoms with Gasteiger partial charge >= 0.3 is 29.9 Å². The molecule has 1 atom stereocenters. The molecule has 0 N–H and O–H groups in total. The highest BCUT2D eigenvalue weighted by Crippen LogP contribution is 2.53. The first-order valence-electron chi connectivity index (χ1n) is 6.61. The van der Waals surface area contributed by atoms with Crippen LogP contribution >= 0.6 is 0 Å². The molecular weight excluding hydrogens is 375 g/mol. The van der Waals surface area contributed by atoms with Gasteiger partial charge in [-0.15, -0.1) is 0 Å². The summed E-state index contributed by atoms with van der Waals surface area (Å²) in [6.07, 6.45) is -10.1. The van der Waals surface area contributed by atoms with Gasteiger partial charge in [0, 0.05) is 12.0 Å². The van der Waals surface area contributed by atoms with Crippen LogP contribution < -0.4 is 0 Å². The highest BCUT2D eigenvalue weighted by molar-refractivity contribution is 5.86. The van der Waals surface area contributed by atoms with Crippen LogP contribution in [0.3, 0.4) is 0 Å². The lowest BCUT2D eigenvalue weighted by Gasteiger charge is -2.33. The fourth-order valence-corrected chi connectivity index (χ4v) is 1.32. The van der Waals surface area contributed by atoms with Gasteiger partial charge in [0.2, 0.25) is 0 Å². The lowest BCUT2D eigenvalue weighted by molar-refractivity contribution is -0.397. The van der Waals surface area contributed by atoms with Crippen molar-refractivity contribution in [3.05, 3.63) is 12.2 Å². The van der Waals surface area contributed by atoms with E-state index in [1.54, 1.807) is 0 Å². The number of carbonyl (C=O) groups is 1. The molecule has 0 amide bonds. The molecule has 12 heteroatoms. The van der Waals surface area contributed by atoms with Crippen molar-refractivity contribution in [2.24, 2.45) is 0 Å². The maximum Gasteiger partial charge on any atom is 0.460 e. The topological polar surface area (TPSA) is 35.5 Å². The van der Waals surface area contributed by atoms with Crippen molar-refractivity contribution >= 4 is 5.97 Å². The van der Waals surface area contributed by atoms with Crippen molar-refractivity contribution in [1.29, 1.82) is 0 Å². The molecule has 0 rings (SSSR count). The molecule has 0 saturated carbocycles. The van der Waals surface area contributed by atoms with Gasteiger partial charge in [-0.05, 0) is 13.8 Å². The Kier molecular flexibility index (Phi) is 7.38. The lowest BCUT2D eigenvalue weighted by atomic mass is 10.0. The Labute approximate surface area is 136 Å². The maximum atomic E-state index is 13.2. The van der Waals surface area contributed by atoms with E-state index in [9.17, 15) is 44.3 Å². The Balaban J connectivity index is 4.72. The first kappa shape index (κ1) is 23.5. The summed E-state index contributed by atoms with van der Waals surface area (Å²) in [5.41, 5.74) is 0.00718. The van der Waals surface area contributed by atoms with Crippen LogP contribution in [0.15, 0.2) is 12.2 Å². The Hall–Kier alpha value is -1.46. The molecule has 0 spiro atoms. The van der Waals surface area contributed by atoms with Crippen LogP contribution in [0.1, 0.15) is 20.3 Å². The van der Waals surface area contributed by atoms with Crippen molar-refractivity contribution in [3.63, 3.8) is 0 Å². The van der Waals surface area contributed by atoms with Crippen LogP contribution in [0.4, 0.5) is 39.5 Å². The molecule has 0 radical (unpaired) electrons. The van der Waals surface area contributed by atoms with E-state index in [0.717, 1.165) is 0 Å². The molecule has 0 aliphatic rings. The van der Waals surface area contributed by atoms with E-state index in [0.29, 0.717) is 0 Å². The minimum Gasteiger partial charge on any atom is -0.460 e. The van der Waals surface area contributed by atoms with E-state index in [2.05, 4.69) is 16.1 Å². The summed E-state index contributed by atoms with van der Waals surface area (Å²) in [6.45, 7) is 3.94. The zero-order chi connectivity index (χ0) is 20.3. The Morgan fingerprint density at radius 2 is 1.48 bits per heavy atom. The molecule has 0 heterocycles. The van der Waals surface area contributed by atoms with Crippen LogP contribution in [0.25, 0.3) is 0 Å². The van der Waals surface area contributed by atoms with Gasteiger partial charge in [-0.2, -0.15) is 39.5 Å². The van der Waals surface area contributed by atoms with Gasteiger partial charge in [0.25, 0.3) is 0 Å². The number of ether oxygens (including phenoxy) is 2. The molecule has 0 fully saturated rings. The maximum absolute atomic E-state index is 13.2. The van der Waals surface area contributed by atoms with E-state index < -0.39 is 55.7 Å². The Bertz CT molecular complexity index is 486.